The van der Waals surface area contributed by atoms with Gasteiger partial charge in [0.1, 0.15) is 11.9 Å². The lowest BCUT2D eigenvalue weighted by Gasteiger charge is -2.15. The van der Waals surface area contributed by atoms with Crippen molar-refractivity contribution in [1.82, 2.24) is 5.32 Å². The second-order valence-electron chi connectivity index (χ2n) is 4.71. The third-order valence-corrected chi connectivity index (χ3v) is 4.06. The van der Waals surface area contributed by atoms with E-state index in [1.165, 1.54) is 13.0 Å². The highest BCUT2D eigenvalue weighted by Crippen LogP contribution is 2.19. The Kier molecular flexibility index (Phi) is 7.90. The summed E-state index contributed by atoms with van der Waals surface area (Å²) in [6.07, 6.45) is 0.878. The van der Waals surface area contributed by atoms with Gasteiger partial charge < -0.3 is 15.2 Å². The zero-order chi connectivity index (χ0) is 17.2. The molecule has 1 amide bonds. The molecule has 0 fully saturated rings. The number of aliphatic carboxylic acids is 1. The fourth-order valence-electron chi connectivity index (χ4n) is 1.66. The maximum absolute atomic E-state index is 12.1. The van der Waals surface area contributed by atoms with Crippen LogP contribution in [0.2, 0.25) is 0 Å². The summed E-state index contributed by atoms with van der Waals surface area (Å²) < 4.78 is 4.71. The minimum absolute atomic E-state index is 0.0334. The average molecular weight is 337 g/mol. The highest BCUT2D eigenvalue weighted by atomic mass is 32.2. The van der Waals surface area contributed by atoms with E-state index in [-0.39, 0.29) is 13.0 Å². The first-order valence-corrected chi connectivity index (χ1v) is 7.83. The van der Waals surface area contributed by atoms with Gasteiger partial charge in [0, 0.05) is 0 Å². The Labute approximate surface area is 138 Å². The Balaban J connectivity index is 2.58. The molecule has 2 atom stereocenters. The number of benzene rings is 1. The number of carboxylic acids is 1. The lowest BCUT2D eigenvalue weighted by Crippen LogP contribution is -2.39. The molecule has 1 aromatic rings. The minimum Gasteiger partial charge on any atom is -0.480 e. The van der Waals surface area contributed by atoms with Gasteiger partial charge in [-0.15, -0.1) is 0 Å². The van der Waals surface area contributed by atoms with Crippen molar-refractivity contribution < 1.29 is 24.2 Å². The minimum atomic E-state index is -1.08. The quantitative estimate of drug-likeness (QED) is 0.707. The Morgan fingerprint density at radius 3 is 2.57 bits per heavy atom. The summed E-state index contributed by atoms with van der Waals surface area (Å²) in [5, 5.41) is 10.3. The van der Waals surface area contributed by atoms with Gasteiger partial charge in [-0.3, -0.25) is 9.59 Å². The number of carboxylic acid groups (broad SMARTS) is 1. The monoisotopic (exact) mass is 337 g/mol. The Morgan fingerprint density at radius 1 is 1.35 bits per heavy atom. The molecule has 23 heavy (non-hydrogen) atoms. The summed E-state index contributed by atoms with van der Waals surface area (Å²) in [5.41, 5.74) is 0.825. The number of carbonyl (C=O) groups excluding carboxylic acids is 2. The fourth-order valence-corrected chi connectivity index (χ4v) is 2.58. The molecule has 7 heteroatoms. The van der Waals surface area contributed by atoms with Crippen molar-refractivity contribution in [1.29, 1.82) is 0 Å². The number of alkyl carbamates (subject to hydrolysis) is 1. The molecule has 0 aliphatic heterocycles. The highest BCUT2D eigenvalue weighted by Gasteiger charge is 2.26. The van der Waals surface area contributed by atoms with Crippen molar-refractivity contribution in [3.63, 3.8) is 0 Å². The normalized spacial score (nSPS) is 12.7. The standard InChI is InChI=1S/C16H19NO5S/c1-3-9-22-16(21)17-11(2)15(20)23-13(14(18)19)10-12-7-5-4-6-8-12/h3-8,11,13H,1,9-10H2,2H3,(H,17,21)(H,18,19)/t11-,13+/m1/s1. The van der Waals surface area contributed by atoms with E-state index in [4.69, 9.17) is 4.74 Å². The van der Waals surface area contributed by atoms with E-state index in [0.29, 0.717) is 11.8 Å². The molecular formula is C16H19NO5S. The van der Waals surface area contributed by atoms with Gasteiger partial charge in [-0.2, -0.15) is 0 Å². The number of ether oxygens (including phenoxy) is 1. The second-order valence-corrected chi connectivity index (χ2v) is 5.91. The van der Waals surface area contributed by atoms with Crippen LogP contribution in [-0.4, -0.2) is 40.2 Å². The first-order valence-electron chi connectivity index (χ1n) is 6.95. The summed E-state index contributed by atoms with van der Waals surface area (Å²) in [6.45, 7) is 4.92. The van der Waals surface area contributed by atoms with Gasteiger partial charge in [-0.05, 0) is 18.9 Å². The third-order valence-electron chi connectivity index (χ3n) is 2.82. The Bertz CT molecular complexity index is 561. The van der Waals surface area contributed by atoms with Crippen LogP contribution in [0.25, 0.3) is 0 Å². The number of thioether (sulfide) groups is 1. The number of amides is 1. The van der Waals surface area contributed by atoms with Gasteiger partial charge in [-0.1, -0.05) is 54.7 Å². The molecule has 0 saturated carbocycles. The molecular weight excluding hydrogens is 318 g/mol. The molecule has 0 spiro atoms. The molecule has 0 aliphatic carbocycles. The van der Waals surface area contributed by atoms with E-state index >= 15 is 0 Å². The Morgan fingerprint density at radius 2 is 2.00 bits per heavy atom. The summed E-state index contributed by atoms with van der Waals surface area (Å²) in [6, 6.07) is 8.19. The molecule has 1 rings (SSSR count). The molecule has 0 aromatic heterocycles. The third kappa shape index (κ3) is 7.01. The zero-order valence-electron chi connectivity index (χ0n) is 12.7. The SMILES string of the molecule is C=CCOC(=O)N[C@H](C)C(=O)S[C@@H](Cc1ccccc1)C(=O)O. The lowest BCUT2D eigenvalue weighted by atomic mass is 10.1. The van der Waals surface area contributed by atoms with E-state index in [2.05, 4.69) is 11.9 Å². The molecule has 0 aliphatic rings. The van der Waals surface area contributed by atoms with Gasteiger partial charge in [0.25, 0.3) is 0 Å². The number of carbonyl (C=O) groups is 3. The van der Waals surface area contributed by atoms with Crippen LogP contribution in [0.4, 0.5) is 4.79 Å². The van der Waals surface area contributed by atoms with Crippen molar-refractivity contribution in [3.8, 4) is 0 Å². The smallest absolute Gasteiger partial charge is 0.408 e. The van der Waals surface area contributed by atoms with Crippen molar-refractivity contribution in [2.45, 2.75) is 24.6 Å². The summed E-state index contributed by atoms with van der Waals surface area (Å²) in [7, 11) is 0. The largest absolute Gasteiger partial charge is 0.480 e. The number of nitrogens with one attached hydrogen (secondary N) is 1. The van der Waals surface area contributed by atoms with Crippen LogP contribution in [-0.2, 0) is 20.7 Å². The molecule has 2 N–H and O–H groups in total. The molecule has 0 heterocycles. The summed E-state index contributed by atoms with van der Waals surface area (Å²) in [5.74, 6) is -1.08. The van der Waals surface area contributed by atoms with Gasteiger partial charge in [-0.25, -0.2) is 4.79 Å². The van der Waals surface area contributed by atoms with Gasteiger partial charge in [0.2, 0.25) is 5.12 Å². The van der Waals surface area contributed by atoms with Crippen molar-refractivity contribution in [2.24, 2.45) is 0 Å². The van der Waals surface area contributed by atoms with E-state index in [1.807, 2.05) is 6.07 Å². The summed E-state index contributed by atoms with van der Waals surface area (Å²) >= 11 is 0.693. The van der Waals surface area contributed by atoms with Crippen LogP contribution >= 0.6 is 11.8 Å². The van der Waals surface area contributed by atoms with Gasteiger partial charge in [0.05, 0.1) is 6.04 Å². The Hall–Kier alpha value is -2.28. The maximum Gasteiger partial charge on any atom is 0.408 e. The lowest BCUT2D eigenvalue weighted by molar-refractivity contribution is -0.136. The van der Waals surface area contributed by atoms with E-state index in [1.54, 1.807) is 24.3 Å². The van der Waals surface area contributed by atoms with Crippen molar-refractivity contribution >= 4 is 28.9 Å². The number of hydrogen-bond donors (Lipinski definition) is 2. The van der Waals surface area contributed by atoms with Crippen LogP contribution in [0.3, 0.4) is 0 Å². The first-order chi connectivity index (χ1) is 10.9. The van der Waals surface area contributed by atoms with Crippen LogP contribution in [0.5, 0.6) is 0 Å². The molecule has 0 radical (unpaired) electrons. The molecule has 0 unspecified atom stereocenters. The van der Waals surface area contributed by atoms with Crippen molar-refractivity contribution in [3.05, 3.63) is 48.6 Å². The van der Waals surface area contributed by atoms with E-state index in [0.717, 1.165) is 5.56 Å². The predicted molar refractivity (Wildman–Crippen MR) is 88.3 cm³/mol. The van der Waals surface area contributed by atoms with Crippen LogP contribution in [0, 0.1) is 0 Å². The number of rotatable bonds is 8. The summed E-state index contributed by atoms with van der Waals surface area (Å²) in [4.78, 5) is 34.8. The van der Waals surface area contributed by atoms with E-state index in [9.17, 15) is 19.5 Å². The van der Waals surface area contributed by atoms with E-state index < -0.39 is 28.5 Å². The average Bonchev–Trinajstić information content (AvgIpc) is 2.53. The topological polar surface area (TPSA) is 92.7 Å². The van der Waals surface area contributed by atoms with Crippen LogP contribution in [0.15, 0.2) is 43.0 Å². The van der Waals surface area contributed by atoms with Gasteiger partial charge >= 0.3 is 12.1 Å². The zero-order valence-corrected chi connectivity index (χ0v) is 13.5. The molecule has 0 bridgehead atoms. The maximum atomic E-state index is 12.1. The molecule has 124 valence electrons. The fraction of sp³-hybridized carbons (Fsp3) is 0.312. The number of hydrogen-bond acceptors (Lipinski definition) is 5. The molecule has 1 aromatic carbocycles. The first kappa shape index (κ1) is 18.8. The predicted octanol–water partition coefficient (Wildman–Crippen LogP) is 2.24. The van der Waals surface area contributed by atoms with Crippen LogP contribution < -0.4 is 5.32 Å². The van der Waals surface area contributed by atoms with Crippen LogP contribution in [0.1, 0.15) is 12.5 Å². The van der Waals surface area contributed by atoms with Crippen molar-refractivity contribution in [2.75, 3.05) is 6.61 Å². The highest BCUT2D eigenvalue weighted by molar-refractivity contribution is 8.14. The molecule has 6 nitrogen and oxygen atoms in total. The van der Waals surface area contributed by atoms with Gasteiger partial charge in [0.15, 0.2) is 0 Å². The molecule has 0 saturated heterocycles. The second kappa shape index (κ2) is 9.68.